The van der Waals surface area contributed by atoms with Gasteiger partial charge >= 0.3 is 12.1 Å². The van der Waals surface area contributed by atoms with Crippen molar-refractivity contribution in [1.29, 1.82) is 0 Å². The monoisotopic (exact) mass is 443 g/mol. The van der Waals surface area contributed by atoms with Gasteiger partial charge in [-0.25, -0.2) is 9.59 Å². The van der Waals surface area contributed by atoms with Gasteiger partial charge in [-0.3, -0.25) is 0 Å². The lowest BCUT2D eigenvalue weighted by Gasteiger charge is -2.17. The van der Waals surface area contributed by atoms with Crippen molar-refractivity contribution in [3.05, 3.63) is 42.5 Å². The average Bonchev–Trinajstić information content (AvgIpc) is 3.69. The van der Waals surface area contributed by atoms with Gasteiger partial charge in [0.2, 0.25) is 0 Å². The summed E-state index contributed by atoms with van der Waals surface area (Å²) >= 11 is 0. The minimum Gasteiger partial charge on any atom is -0.487 e. The number of nitrogens with one attached hydrogen (secondary N) is 1. The quantitative estimate of drug-likeness (QED) is 0.244. The van der Waals surface area contributed by atoms with Crippen LogP contribution in [0.1, 0.15) is 6.92 Å². The predicted octanol–water partition coefficient (Wildman–Crippen LogP) is 2.60. The predicted molar refractivity (Wildman–Crippen MR) is 114 cm³/mol. The first-order valence-corrected chi connectivity index (χ1v) is 10.3. The summed E-state index contributed by atoms with van der Waals surface area (Å²) in [6, 6.07) is 9.06. The van der Waals surface area contributed by atoms with Crippen LogP contribution in [0.5, 0.6) is 17.2 Å². The van der Waals surface area contributed by atoms with Crippen LogP contribution in [-0.2, 0) is 19.0 Å². The van der Waals surface area contributed by atoms with Crippen molar-refractivity contribution in [3.8, 4) is 17.2 Å². The van der Waals surface area contributed by atoms with Crippen LogP contribution in [-0.4, -0.2) is 63.8 Å². The van der Waals surface area contributed by atoms with Gasteiger partial charge in [-0.15, -0.1) is 0 Å². The maximum atomic E-state index is 12.3. The maximum absolute atomic E-state index is 12.3. The number of fused-ring (bicyclic) bond motifs is 1. The Bertz CT molecular complexity index is 1010. The van der Waals surface area contributed by atoms with Crippen LogP contribution in [0.25, 0.3) is 10.8 Å². The van der Waals surface area contributed by atoms with Gasteiger partial charge in [-0.05, 0) is 6.92 Å². The molecule has 2 atom stereocenters. The molecule has 0 aromatic heterocycles. The Morgan fingerprint density at radius 1 is 1.06 bits per heavy atom. The summed E-state index contributed by atoms with van der Waals surface area (Å²) in [6.45, 7) is 7.26. The molecule has 9 heteroatoms. The molecule has 9 nitrogen and oxygen atoms in total. The van der Waals surface area contributed by atoms with Gasteiger partial charge in [0.25, 0.3) is 0 Å². The van der Waals surface area contributed by atoms with Crippen LogP contribution < -0.4 is 19.5 Å². The smallest absolute Gasteiger partial charge is 0.412 e. The lowest BCUT2D eigenvalue weighted by Crippen LogP contribution is -2.30. The summed E-state index contributed by atoms with van der Waals surface area (Å²) < 4.78 is 32.9. The molecule has 0 aliphatic carbocycles. The molecule has 0 radical (unpaired) electrons. The Balaban J connectivity index is 1.48. The number of benzene rings is 2. The van der Waals surface area contributed by atoms with Crippen molar-refractivity contribution in [3.63, 3.8) is 0 Å². The Hall–Kier alpha value is -3.30. The second-order valence-electron chi connectivity index (χ2n) is 7.51. The Morgan fingerprint density at radius 2 is 1.72 bits per heavy atom. The van der Waals surface area contributed by atoms with Crippen molar-refractivity contribution < 1.29 is 38.0 Å². The van der Waals surface area contributed by atoms with Crippen molar-refractivity contribution in [2.45, 2.75) is 19.1 Å². The molecule has 2 fully saturated rings. The largest absolute Gasteiger partial charge is 0.487 e. The molecule has 2 aromatic carbocycles. The zero-order valence-electron chi connectivity index (χ0n) is 17.8. The van der Waals surface area contributed by atoms with E-state index in [1.165, 1.54) is 0 Å². The molecule has 1 amide bonds. The normalized spacial score (nSPS) is 18.5. The van der Waals surface area contributed by atoms with E-state index in [2.05, 4.69) is 11.9 Å². The van der Waals surface area contributed by atoms with E-state index in [9.17, 15) is 9.59 Å². The number of carbonyl (C=O) groups excluding carboxylic acids is 2. The van der Waals surface area contributed by atoms with E-state index in [1.54, 1.807) is 13.0 Å². The second-order valence-corrected chi connectivity index (χ2v) is 7.51. The van der Waals surface area contributed by atoms with Crippen LogP contribution >= 0.6 is 0 Å². The van der Waals surface area contributed by atoms with Gasteiger partial charge in [0.05, 0.1) is 19.8 Å². The van der Waals surface area contributed by atoms with Crippen molar-refractivity contribution in [1.82, 2.24) is 5.32 Å². The van der Waals surface area contributed by atoms with E-state index in [1.807, 2.05) is 24.3 Å². The van der Waals surface area contributed by atoms with Gasteiger partial charge in [-0.1, -0.05) is 30.8 Å². The molecular weight excluding hydrogens is 418 g/mol. The number of carbonyl (C=O) groups is 2. The molecule has 0 saturated carbocycles. The molecule has 1 N–H and O–H groups in total. The number of epoxide rings is 2. The van der Waals surface area contributed by atoms with E-state index in [4.69, 9.17) is 28.4 Å². The highest BCUT2D eigenvalue weighted by Gasteiger charge is 2.27. The van der Waals surface area contributed by atoms with Gasteiger partial charge in [0, 0.05) is 22.4 Å². The molecule has 2 unspecified atom stereocenters. The number of amides is 1. The Kier molecular flexibility index (Phi) is 6.77. The zero-order chi connectivity index (χ0) is 22.5. The highest BCUT2D eigenvalue weighted by molar-refractivity contribution is 5.97. The highest BCUT2D eigenvalue weighted by Crippen LogP contribution is 2.42. The molecule has 32 heavy (non-hydrogen) atoms. The minimum absolute atomic E-state index is 0.00725. The topological polar surface area (TPSA) is 108 Å². The van der Waals surface area contributed by atoms with Gasteiger partial charge in [-0.2, -0.15) is 0 Å². The molecule has 170 valence electrons. The summed E-state index contributed by atoms with van der Waals surface area (Å²) in [4.78, 5) is 23.7. The maximum Gasteiger partial charge on any atom is 0.412 e. The number of rotatable bonds is 11. The first-order valence-electron chi connectivity index (χ1n) is 10.3. The third-order valence-corrected chi connectivity index (χ3v) is 4.72. The van der Waals surface area contributed by atoms with Crippen LogP contribution in [0.4, 0.5) is 4.79 Å². The van der Waals surface area contributed by atoms with Crippen LogP contribution in [0.2, 0.25) is 0 Å². The van der Waals surface area contributed by atoms with Crippen molar-refractivity contribution in [2.75, 3.05) is 39.6 Å². The standard InChI is InChI=1S/C23H25NO8/c1-14(2)22(25)27-8-7-24-23(26)32-19-9-20(30-12-15-10-28-15)21(31-13-16-11-29-16)18-6-4-3-5-17(18)19/h3-6,9,15-16H,1,7-8,10-13H2,2H3,(H,24,26). The molecule has 2 aliphatic heterocycles. The number of hydrogen-bond donors (Lipinski definition) is 1. The Labute approximate surface area is 185 Å². The first-order chi connectivity index (χ1) is 15.5. The molecule has 0 bridgehead atoms. The molecule has 2 heterocycles. The molecule has 0 spiro atoms. The second kappa shape index (κ2) is 9.88. The third-order valence-electron chi connectivity index (χ3n) is 4.72. The lowest BCUT2D eigenvalue weighted by atomic mass is 10.1. The molecule has 2 saturated heterocycles. The fraction of sp³-hybridized carbons (Fsp3) is 0.391. The summed E-state index contributed by atoms with van der Waals surface area (Å²) in [5, 5.41) is 4.00. The molecular formula is C23H25NO8. The van der Waals surface area contributed by atoms with E-state index < -0.39 is 12.1 Å². The van der Waals surface area contributed by atoms with Gasteiger partial charge in [0.15, 0.2) is 11.5 Å². The summed E-state index contributed by atoms with van der Waals surface area (Å²) in [7, 11) is 0. The van der Waals surface area contributed by atoms with Gasteiger partial charge < -0.3 is 33.7 Å². The summed E-state index contributed by atoms with van der Waals surface area (Å²) in [5.41, 5.74) is 0.290. The zero-order valence-corrected chi connectivity index (χ0v) is 17.8. The minimum atomic E-state index is -0.682. The summed E-state index contributed by atoms with van der Waals surface area (Å²) in [5.74, 6) is 0.827. The molecule has 2 aromatic rings. The number of esters is 1. The highest BCUT2D eigenvalue weighted by atomic mass is 16.6. The Morgan fingerprint density at radius 3 is 2.38 bits per heavy atom. The SMILES string of the molecule is C=C(C)C(=O)OCCNC(=O)Oc1cc(OCC2CO2)c(OCC2CO2)c2ccccc12. The van der Waals surface area contributed by atoms with E-state index >= 15 is 0 Å². The average molecular weight is 443 g/mol. The first kappa shape index (κ1) is 21.9. The van der Waals surface area contributed by atoms with E-state index in [0.29, 0.717) is 54.6 Å². The van der Waals surface area contributed by atoms with Gasteiger partial charge in [0.1, 0.15) is 37.8 Å². The fourth-order valence-corrected chi connectivity index (χ4v) is 2.88. The number of hydrogen-bond acceptors (Lipinski definition) is 8. The number of ether oxygens (including phenoxy) is 6. The summed E-state index contributed by atoms with van der Waals surface area (Å²) in [6.07, 6.45) is -0.553. The van der Waals surface area contributed by atoms with Crippen LogP contribution in [0, 0.1) is 0 Å². The molecule has 2 aliphatic rings. The fourth-order valence-electron chi connectivity index (χ4n) is 2.88. The lowest BCUT2D eigenvalue weighted by molar-refractivity contribution is -0.138. The van der Waals surface area contributed by atoms with Crippen molar-refractivity contribution >= 4 is 22.8 Å². The van der Waals surface area contributed by atoms with Crippen molar-refractivity contribution in [2.24, 2.45) is 0 Å². The van der Waals surface area contributed by atoms with Crippen LogP contribution in [0.3, 0.4) is 0 Å². The van der Waals surface area contributed by atoms with E-state index in [0.717, 1.165) is 5.39 Å². The van der Waals surface area contributed by atoms with Crippen LogP contribution in [0.15, 0.2) is 42.5 Å². The third kappa shape index (κ3) is 5.89. The molecule has 4 rings (SSSR count). The van der Waals surface area contributed by atoms with E-state index in [-0.39, 0.29) is 25.4 Å².